The molecule has 1 aliphatic rings. The van der Waals surface area contributed by atoms with Gasteiger partial charge in [-0.15, -0.1) is 0 Å². The van der Waals surface area contributed by atoms with Crippen LogP contribution in [0.4, 0.5) is 6.01 Å². The Morgan fingerprint density at radius 3 is 2.54 bits per heavy atom. The molecule has 142 valence electrons. The quantitative estimate of drug-likeness (QED) is 0.663. The number of piperidine rings is 1. The van der Waals surface area contributed by atoms with Crippen LogP contribution in [0, 0.1) is 11.8 Å². The zero-order valence-corrected chi connectivity index (χ0v) is 17.1. The summed E-state index contributed by atoms with van der Waals surface area (Å²) in [6, 6.07) is 1.10. The molecule has 2 aromatic rings. The van der Waals surface area contributed by atoms with Crippen LogP contribution < -0.4 is 9.64 Å². The molecular formula is C18H26BrN5O2. The minimum Gasteiger partial charge on any atom is -0.463 e. The minimum atomic E-state index is 0.291. The van der Waals surface area contributed by atoms with Gasteiger partial charge in [0.25, 0.3) is 0 Å². The lowest BCUT2D eigenvalue weighted by Gasteiger charge is -2.33. The van der Waals surface area contributed by atoms with Gasteiger partial charge >= 0.3 is 12.0 Å². The van der Waals surface area contributed by atoms with E-state index in [1.165, 1.54) is 0 Å². The Labute approximate surface area is 162 Å². The summed E-state index contributed by atoms with van der Waals surface area (Å²) in [6.45, 7) is 9.02. The number of aromatic nitrogens is 4. The molecule has 0 aromatic carbocycles. The van der Waals surface area contributed by atoms with Gasteiger partial charge in [0.2, 0.25) is 0 Å². The Balaban J connectivity index is 1.41. The molecule has 0 saturated carbocycles. The number of hydrogen-bond donors (Lipinski definition) is 0. The summed E-state index contributed by atoms with van der Waals surface area (Å²) in [7, 11) is 0. The minimum absolute atomic E-state index is 0.291. The molecule has 1 aliphatic heterocycles. The lowest BCUT2D eigenvalue weighted by atomic mass is 9.84. The lowest BCUT2D eigenvalue weighted by Crippen LogP contribution is -2.36. The zero-order valence-electron chi connectivity index (χ0n) is 15.6. The van der Waals surface area contributed by atoms with Crippen molar-refractivity contribution in [1.82, 2.24) is 20.1 Å². The lowest BCUT2D eigenvalue weighted by molar-refractivity contribution is 0.212. The van der Waals surface area contributed by atoms with E-state index in [1.54, 1.807) is 12.4 Å². The molecule has 1 fully saturated rings. The van der Waals surface area contributed by atoms with Crippen LogP contribution in [0.3, 0.4) is 0 Å². The summed E-state index contributed by atoms with van der Waals surface area (Å²) in [5.74, 6) is 2.36. The monoisotopic (exact) mass is 423 g/mol. The third-order valence-electron chi connectivity index (χ3n) is 4.96. The van der Waals surface area contributed by atoms with Gasteiger partial charge in [-0.05, 0) is 47.0 Å². The molecule has 0 N–H and O–H groups in total. The van der Waals surface area contributed by atoms with Gasteiger partial charge in [-0.3, -0.25) is 0 Å². The average molecular weight is 424 g/mol. The maximum Gasteiger partial charge on any atom is 0.324 e. The molecule has 2 aromatic heterocycles. The standard InChI is InChI=1S/C18H26BrN5O2/c1-12(2)16-22-18(26-23-16)24-7-4-14(5-8-24)13(3)6-9-25-17-20-10-15(19)11-21-17/h10-14H,4-9H2,1-3H3. The van der Waals surface area contributed by atoms with Gasteiger partial charge in [0.1, 0.15) is 0 Å². The zero-order chi connectivity index (χ0) is 18.5. The summed E-state index contributed by atoms with van der Waals surface area (Å²) in [5, 5.41) is 4.06. The van der Waals surface area contributed by atoms with Gasteiger partial charge in [-0.1, -0.05) is 25.9 Å². The van der Waals surface area contributed by atoms with Gasteiger partial charge in [0.15, 0.2) is 5.82 Å². The highest BCUT2D eigenvalue weighted by Gasteiger charge is 2.26. The van der Waals surface area contributed by atoms with Gasteiger partial charge in [0.05, 0.1) is 11.1 Å². The second kappa shape index (κ2) is 8.79. The normalized spacial score (nSPS) is 16.9. The number of halogens is 1. The average Bonchev–Trinajstić information content (AvgIpc) is 3.14. The highest BCUT2D eigenvalue weighted by molar-refractivity contribution is 9.10. The van der Waals surface area contributed by atoms with Gasteiger partial charge in [-0.25, -0.2) is 9.97 Å². The van der Waals surface area contributed by atoms with Crippen molar-refractivity contribution in [2.24, 2.45) is 11.8 Å². The molecule has 26 heavy (non-hydrogen) atoms. The summed E-state index contributed by atoms with van der Waals surface area (Å²) in [6.07, 6.45) is 6.67. The molecular weight excluding hydrogens is 398 g/mol. The maximum absolute atomic E-state index is 5.65. The molecule has 0 bridgehead atoms. The van der Waals surface area contributed by atoms with E-state index in [2.05, 4.69) is 61.7 Å². The number of ether oxygens (including phenoxy) is 1. The fourth-order valence-corrected chi connectivity index (χ4v) is 3.40. The largest absolute Gasteiger partial charge is 0.463 e. The van der Waals surface area contributed by atoms with E-state index >= 15 is 0 Å². The van der Waals surface area contributed by atoms with Crippen molar-refractivity contribution in [3.05, 3.63) is 22.7 Å². The maximum atomic E-state index is 5.65. The van der Waals surface area contributed by atoms with Crippen LogP contribution in [0.1, 0.15) is 51.8 Å². The number of hydrogen-bond acceptors (Lipinski definition) is 7. The van der Waals surface area contributed by atoms with E-state index in [0.29, 0.717) is 36.4 Å². The van der Waals surface area contributed by atoms with Crippen LogP contribution in [0.2, 0.25) is 0 Å². The van der Waals surface area contributed by atoms with E-state index in [1.807, 2.05) is 0 Å². The van der Waals surface area contributed by atoms with Crippen LogP contribution in [0.25, 0.3) is 0 Å². The van der Waals surface area contributed by atoms with Crippen LogP contribution in [-0.4, -0.2) is 39.8 Å². The fourth-order valence-electron chi connectivity index (χ4n) is 3.20. The molecule has 0 spiro atoms. The number of anilines is 1. The van der Waals surface area contributed by atoms with Gasteiger partial charge in [-0.2, -0.15) is 4.98 Å². The molecule has 1 saturated heterocycles. The van der Waals surface area contributed by atoms with Crippen molar-refractivity contribution >= 4 is 21.9 Å². The molecule has 1 atom stereocenters. The van der Waals surface area contributed by atoms with Crippen molar-refractivity contribution in [3.8, 4) is 6.01 Å². The van der Waals surface area contributed by atoms with Crippen molar-refractivity contribution in [2.45, 2.75) is 46.0 Å². The highest BCUT2D eigenvalue weighted by Crippen LogP contribution is 2.29. The van der Waals surface area contributed by atoms with Crippen LogP contribution in [-0.2, 0) is 0 Å². The Morgan fingerprint density at radius 1 is 1.23 bits per heavy atom. The summed E-state index contributed by atoms with van der Waals surface area (Å²) < 4.78 is 11.9. The second-order valence-electron chi connectivity index (χ2n) is 7.21. The Morgan fingerprint density at radius 2 is 1.92 bits per heavy atom. The SMILES string of the molecule is CC(C)c1noc(N2CCC(C(C)CCOc3ncc(Br)cn3)CC2)n1. The fraction of sp³-hybridized carbons (Fsp3) is 0.667. The second-order valence-corrected chi connectivity index (χ2v) is 8.13. The first-order valence-electron chi connectivity index (χ1n) is 9.22. The first-order valence-corrected chi connectivity index (χ1v) is 10.0. The van der Waals surface area contributed by atoms with E-state index < -0.39 is 0 Å². The van der Waals surface area contributed by atoms with E-state index in [0.717, 1.165) is 42.6 Å². The van der Waals surface area contributed by atoms with E-state index in [4.69, 9.17) is 9.26 Å². The van der Waals surface area contributed by atoms with Gasteiger partial charge < -0.3 is 14.2 Å². The van der Waals surface area contributed by atoms with Crippen molar-refractivity contribution in [2.75, 3.05) is 24.6 Å². The molecule has 3 rings (SSSR count). The third-order valence-corrected chi connectivity index (χ3v) is 5.37. The Bertz CT molecular complexity index is 683. The molecule has 7 nitrogen and oxygen atoms in total. The van der Waals surface area contributed by atoms with E-state index in [9.17, 15) is 0 Å². The summed E-state index contributed by atoms with van der Waals surface area (Å²) in [5.41, 5.74) is 0. The predicted molar refractivity (Wildman–Crippen MR) is 102 cm³/mol. The Kier molecular flexibility index (Phi) is 6.45. The molecule has 1 unspecified atom stereocenters. The topological polar surface area (TPSA) is 77.2 Å². The first kappa shape index (κ1) is 19.1. The first-order chi connectivity index (χ1) is 12.5. The van der Waals surface area contributed by atoms with Crippen LogP contribution in [0.5, 0.6) is 6.01 Å². The van der Waals surface area contributed by atoms with Crippen molar-refractivity contribution in [1.29, 1.82) is 0 Å². The predicted octanol–water partition coefficient (Wildman–Crippen LogP) is 4.07. The number of rotatable bonds is 7. The van der Waals surface area contributed by atoms with Crippen molar-refractivity contribution in [3.63, 3.8) is 0 Å². The smallest absolute Gasteiger partial charge is 0.324 e. The molecule has 0 amide bonds. The van der Waals surface area contributed by atoms with Crippen molar-refractivity contribution < 1.29 is 9.26 Å². The van der Waals surface area contributed by atoms with Gasteiger partial charge in [0, 0.05) is 31.4 Å². The highest BCUT2D eigenvalue weighted by atomic mass is 79.9. The number of nitrogens with zero attached hydrogens (tertiary/aromatic N) is 5. The van der Waals surface area contributed by atoms with E-state index in [-0.39, 0.29) is 0 Å². The molecule has 0 radical (unpaired) electrons. The molecule has 0 aliphatic carbocycles. The van der Waals surface area contributed by atoms with Crippen LogP contribution in [0.15, 0.2) is 21.4 Å². The summed E-state index contributed by atoms with van der Waals surface area (Å²) >= 11 is 3.32. The summed E-state index contributed by atoms with van der Waals surface area (Å²) in [4.78, 5) is 15.0. The third kappa shape index (κ3) is 4.93. The Hall–Kier alpha value is -1.70. The molecule has 3 heterocycles. The van der Waals surface area contributed by atoms with Crippen LogP contribution >= 0.6 is 15.9 Å². The molecule has 8 heteroatoms.